The highest BCUT2D eigenvalue weighted by molar-refractivity contribution is 8.05. The van der Waals surface area contributed by atoms with Gasteiger partial charge >= 0.3 is 5.97 Å². The second-order valence-corrected chi connectivity index (χ2v) is 7.82. The Morgan fingerprint density at radius 2 is 2.17 bits per heavy atom. The van der Waals surface area contributed by atoms with Crippen LogP contribution in [-0.4, -0.2) is 35.3 Å². The molecular formula is C18H21F2NO2S. The molecule has 0 unspecified atom stereocenters. The molecule has 0 bridgehead atoms. The zero-order valence-corrected chi connectivity index (χ0v) is 14.6. The van der Waals surface area contributed by atoms with Gasteiger partial charge in [-0.1, -0.05) is 6.07 Å². The van der Waals surface area contributed by atoms with Crippen LogP contribution in [0.1, 0.15) is 37.8 Å². The zero-order chi connectivity index (χ0) is 17.7. The van der Waals surface area contributed by atoms with E-state index >= 15 is 0 Å². The summed E-state index contributed by atoms with van der Waals surface area (Å²) in [5.41, 5.74) is 2.08. The van der Waals surface area contributed by atoms with Crippen LogP contribution >= 0.6 is 11.8 Å². The van der Waals surface area contributed by atoms with Crippen molar-refractivity contribution in [1.82, 2.24) is 0 Å². The average Bonchev–Trinajstić information content (AvgIpc) is 2.74. The summed E-state index contributed by atoms with van der Waals surface area (Å²) < 4.78 is 25.4. The summed E-state index contributed by atoms with van der Waals surface area (Å²) in [6.45, 7) is 3.31. The molecule has 6 heteroatoms. The Kier molecular flexibility index (Phi) is 6.15. The minimum atomic E-state index is -0.966. The van der Waals surface area contributed by atoms with Crippen LogP contribution < -0.4 is 0 Å². The third-order valence-electron chi connectivity index (χ3n) is 3.88. The van der Waals surface area contributed by atoms with Crippen LogP contribution in [0.4, 0.5) is 8.78 Å². The monoisotopic (exact) mass is 353 g/mol. The summed E-state index contributed by atoms with van der Waals surface area (Å²) in [6.07, 6.45) is 3.03. The van der Waals surface area contributed by atoms with Gasteiger partial charge in [-0.15, -0.1) is 11.8 Å². The smallest absolute Gasteiger partial charge is 0.319 e. The summed E-state index contributed by atoms with van der Waals surface area (Å²) in [7, 11) is 0. The van der Waals surface area contributed by atoms with Crippen LogP contribution in [0.3, 0.4) is 0 Å². The molecular weight excluding hydrogens is 332 g/mol. The summed E-state index contributed by atoms with van der Waals surface area (Å²) in [4.78, 5) is 16.7. The molecule has 0 saturated heterocycles. The van der Waals surface area contributed by atoms with Gasteiger partial charge < -0.3 is 5.11 Å². The number of aryl methyl sites for hydroxylation is 1. The molecule has 3 nitrogen and oxygen atoms in total. The van der Waals surface area contributed by atoms with Gasteiger partial charge in [-0.25, -0.2) is 4.39 Å². The maximum atomic E-state index is 13.8. The van der Waals surface area contributed by atoms with Crippen LogP contribution in [0.25, 0.3) is 5.57 Å². The van der Waals surface area contributed by atoms with Gasteiger partial charge in [0.15, 0.2) is 0 Å². The number of hydrogen-bond acceptors (Lipinski definition) is 3. The van der Waals surface area contributed by atoms with Crippen molar-refractivity contribution in [3.63, 3.8) is 0 Å². The first-order valence-electron chi connectivity index (χ1n) is 7.82. The third-order valence-corrected chi connectivity index (χ3v) is 5.26. The fourth-order valence-corrected chi connectivity index (χ4v) is 3.70. The summed E-state index contributed by atoms with van der Waals surface area (Å²) in [5, 5.41) is 9.38. The first kappa shape index (κ1) is 18.6. The lowest BCUT2D eigenvalue weighted by atomic mass is 9.99. The van der Waals surface area contributed by atoms with E-state index < -0.39 is 23.2 Å². The van der Waals surface area contributed by atoms with Crippen LogP contribution in [-0.2, 0) is 11.2 Å². The number of alkyl halides is 1. The van der Waals surface area contributed by atoms with Crippen LogP contribution in [0.15, 0.2) is 28.1 Å². The van der Waals surface area contributed by atoms with E-state index in [1.807, 2.05) is 0 Å². The first-order chi connectivity index (χ1) is 11.3. The molecule has 0 aromatic heterocycles. The lowest BCUT2D eigenvalue weighted by molar-refractivity contribution is -0.138. The molecule has 1 aromatic rings. The summed E-state index contributed by atoms with van der Waals surface area (Å²) >= 11 is 1.30. The Morgan fingerprint density at radius 3 is 2.83 bits per heavy atom. The van der Waals surface area contributed by atoms with E-state index in [0.717, 1.165) is 16.0 Å². The number of thioether (sulfide) groups is 1. The third kappa shape index (κ3) is 4.44. The van der Waals surface area contributed by atoms with Crippen molar-refractivity contribution in [3.8, 4) is 0 Å². The second kappa shape index (κ2) is 7.92. The van der Waals surface area contributed by atoms with Crippen molar-refractivity contribution < 1.29 is 18.7 Å². The minimum Gasteiger partial charge on any atom is -0.480 e. The molecule has 0 atom stereocenters. The molecule has 0 radical (unpaired) electrons. The van der Waals surface area contributed by atoms with E-state index in [4.69, 9.17) is 0 Å². The fourth-order valence-electron chi connectivity index (χ4n) is 2.48. The first-order valence-corrected chi connectivity index (χ1v) is 8.64. The Hall–Kier alpha value is -1.69. The van der Waals surface area contributed by atoms with Crippen molar-refractivity contribution in [2.45, 2.75) is 37.9 Å². The SMILES string of the molecule is CC(C)(SC1=C(c2ccc(F)c(CCF)c2)CC=NCC1)C(=O)O. The van der Waals surface area contributed by atoms with Crippen molar-refractivity contribution in [2.75, 3.05) is 13.2 Å². The number of rotatable bonds is 6. The highest BCUT2D eigenvalue weighted by Gasteiger charge is 2.30. The Labute approximate surface area is 144 Å². The normalized spacial score (nSPS) is 15.5. The number of hydrogen-bond donors (Lipinski definition) is 1. The highest BCUT2D eigenvalue weighted by Crippen LogP contribution is 2.40. The van der Waals surface area contributed by atoms with Crippen molar-refractivity contribution >= 4 is 29.5 Å². The molecule has 1 aliphatic heterocycles. The van der Waals surface area contributed by atoms with Crippen LogP contribution in [0, 0.1) is 5.82 Å². The Morgan fingerprint density at radius 1 is 1.42 bits per heavy atom. The molecule has 1 aromatic carbocycles. The van der Waals surface area contributed by atoms with Crippen LogP contribution in [0.5, 0.6) is 0 Å². The molecule has 1 aliphatic rings. The number of aliphatic carboxylic acids is 1. The van der Waals surface area contributed by atoms with E-state index in [0.29, 0.717) is 24.9 Å². The number of nitrogens with zero attached hydrogens (tertiary/aromatic N) is 1. The number of carbonyl (C=O) groups is 1. The number of carboxylic acids is 1. The van der Waals surface area contributed by atoms with E-state index in [-0.39, 0.29) is 6.42 Å². The predicted octanol–water partition coefficient (Wildman–Crippen LogP) is 4.51. The molecule has 0 aliphatic carbocycles. The number of aliphatic imine (C=N–C) groups is 1. The van der Waals surface area contributed by atoms with Gasteiger partial charge in [-0.05, 0) is 54.0 Å². The molecule has 1 heterocycles. The number of carboxylic acid groups (broad SMARTS) is 1. The van der Waals surface area contributed by atoms with Gasteiger partial charge in [0.05, 0.1) is 6.67 Å². The van der Waals surface area contributed by atoms with Crippen molar-refractivity contribution in [2.24, 2.45) is 4.99 Å². The largest absolute Gasteiger partial charge is 0.480 e. The van der Waals surface area contributed by atoms with E-state index in [1.165, 1.54) is 17.8 Å². The number of allylic oxidation sites excluding steroid dienone is 1. The molecule has 0 amide bonds. The van der Waals surface area contributed by atoms with Gasteiger partial charge in [0.2, 0.25) is 0 Å². The molecule has 24 heavy (non-hydrogen) atoms. The Bertz CT molecular complexity index is 684. The lowest BCUT2D eigenvalue weighted by Crippen LogP contribution is -2.27. The van der Waals surface area contributed by atoms with Gasteiger partial charge in [0.1, 0.15) is 10.6 Å². The minimum absolute atomic E-state index is 0.0319. The molecule has 0 spiro atoms. The van der Waals surface area contributed by atoms with E-state index in [2.05, 4.69) is 4.99 Å². The standard InChI is InChI=1S/C18H21F2NO2S/c1-18(2,17(22)23)24-16-7-10-21-9-6-14(16)12-3-4-15(20)13(11-12)5-8-19/h3-4,9,11H,5-8,10H2,1-2H3,(H,22,23). The zero-order valence-electron chi connectivity index (χ0n) is 13.8. The Balaban J connectivity index is 2.45. The fraction of sp³-hybridized carbons (Fsp3) is 0.444. The number of halogens is 2. The van der Waals surface area contributed by atoms with E-state index in [1.54, 1.807) is 32.2 Å². The predicted molar refractivity (Wildman–Crippen MR) is 94.9 cm³/mol. The molecule has 130 valence electrons. The highest BCUT2D eigenvalue weighted by atomic mass is 32.2. The van der Waals surface area contributed by atoms with Gasteiger partial charge in [0.25, 0.3) is 0 Å². The summed E-state index contributed by atoms with van der Waals surface area (Å²) in [5.74, 6) is -1.30. The maximum absolute atomic E-state index is 13.8. The quantitative estimate of drug-likeness (QED) is 0.819. The molecule has 0 fully saturated rings. The van der Waals surface area contributed by atoms with Crippen molar-refractivity contribution in [1.29, 1.82) is 0 Å². The second-order valence-electron chi connectivity index (χ2n) is 6.11. The lowest BCUT2D eigenvalue weighted by Gasteiger charge is -2.22. The number of benzene rings is 1. The van der Waals surface area contributed by atoms with E-state index in [9.17, 15) is 18.7 Å². The summed E-state index contributed by atoms with van der Waals surface area (Å²) in [6, 6.07) is 4.68. The van der Waals surface area contributed by atoms with Gasteiger partial charge in [-0.3, -0.25) is 14.2 Å². The average molecular weight is 353 g/mol. The van der Waals surface area contributed by atoms with Crippen molar-refractivity contribution in [3.05, 3.63) is 40.0 Å². The van der Waals surface area contributed by atoms with Gasteiger partial charge in [-0.2, -0.15) is 0 Å². The topological polar surface area (TPSA) is 49.7 Å². The van der Waals surface area contributed by atoms with Gasteiger partial charge in [0, 0.05) is 25.6 Å². The maximum Gasteiger partial charge on any atom is 0.319 e. The molecule has 2 rings (SSSR count). The van der Waals surface area contributed by atoms with Crippen LogP contribution in [0.2, 0.25) is 0 Å². The molecule has 1 N–H and O–H groups in total. The molecule has 0 saturated carbocycles.